The zero-order valence-corrected chi connectivity index (χ0v) is 14.7. The van der Waals surface area contributed by atoms with Crippen LogP contribution in [0.1, 0.15) is 15.9 Å². The molecule has 0 saturated carbocycles. The number of hydrogen-bond acceptors (Lipinski definition) is 4. The van der Waals surface area contributed by atoms with Crippen LogP contribution in [0.5, 0.6) is 11.5 Å². The molecule has 3 aromatic rings. The predicted octanol–water partition coefficient (Wildman–Crippen LogP) is 3.95. The molecule has 0 aliphatic rings. The molecule has 7 heteroatoms. The predicted molar refractivity (Wildman–Crippen MR) is 99.8 cm³/mol. The number of halogens is 2. The second kappa shape index (κ2) is 8.94. The van der Waals surface area contributed by atoms with Gasteiger partial charge in [-0.15, -0.1) is 0 Å². The van der Waals surface area contributed by atoms with Crippen LogP contribution in [0.15, 0.2) is 60.7 Å². The lowest BCUT2D eigenvalue weighted by molar-refractivity contribution is -0.123. The Hall–Kier alpha value is -3.48. The van der Waals surface area contributed by atoms with Crippen LogP contribution in [0.3, 0.4) is 0 Å². The molecule has 0 atom stereocenters. The Morgan fingerprint density at radius 1 is 1.04 bits per heavy atom. The molecule has 0 spiro atoms. The van der Waals surface area contributed by atoms with Gasteiger partial charge >= 0.3 is 6.61 Å². The number of carbonyl (C=O) groups is 2. The summed E-state index contributed by atoms with van der Waals surface area (Å²) in [5, 5.41) is 4.32. The monoisotopic (exact) mass is 385 g/mol. The molecule has 3 rings (SSSR count). The van der Waals surface area contributed by atoms with Crippen LogP contribution in [0.4, 0.5) is 8.78 Å². The van der Waals surface area contributed by atoms with Crippen molar-refractivity contribution in [1.29, 1.82) is 0 Å². The highest BCUT2D eigenvalue weighted by Crippen LogP contribution is 2.26. The molecule has 0 aliphatic carbocycles. The third kappa shape index (κ3) is 4.82. The number of aldehydes is 1. The summed E-state index contributed by atoms with van der Waals surface area (Å²) in [5.74, 6) is 0.00127. The SMILES string of the molecule is O=Cc1c(OCC(=O)NCc2ccc(OC(F)F)cc2)ccc2ccccc12. The van der Waals surface area contributed by atoms with Crippen molar-refractivity contribution in [3.8, 4) is 11.5 Å². The van der Waals surface area contributed by atoms with Gasteiger partial charge in [-0.05, 0) is 34.5 Å². The molecule has 5 nitrogen and oxygen atoms in total. The van der Waals surface area contributed by atoms with Gasteiger partial charge in [0.1, 0.15) is 11.5 Å². The van der Waals surface area contributed by atoms with E-state index in [9.17, 15) is 18.4 Å². The van der Waals surface area contributed by atoms with E-state index in [0.29, 0.717) is 23.2 Å². The number of amides is 1. The van der Waals surface area contributed by atoms with Gasteiger partial charge in [0, 0.05) is 6.54 Å². The first-order valence-corrected chi connectivity index (χ1v) is 8.47. The maximum atomic E-state index is 12.1. The maximum absolute atomic E-state index is 12.1. The van der Waals surface area contributed by atoms with Gasteiger partial charge in [-0.3, -0.25) is 9.59 Å². The molecule has 1 amide bonds. The number of fused-ring (bicyclic) bond motifs is 1. The van der Waals surface area contributed by atoms with Crippen molar-refractivity contribution in [2.45, 2.75) is 13.2 Å². The minimum Gasteiger partial charge on any atom is -0.483 e. The van der Waals surface area contributed by atoms with Crippen LogP contribution >= 0.6 is 0 Å². The number of hydrogen-bond donors (Lipinski definition) is 1. The smallest absolute Gasteiger partial charge is 0.387 e. The molecule has 0 radical (unpaired) electrons. The fourth-order valence-corrected chi connectivity index (χ4v) is 2.71. The van der Waals surface area contributed by atoms with E-state index in [1.807, 2.05) is 30.3 Å². The zero-order valence-electron chi connectivity index (χ0n) is 14.7. The molecular weight excluding hydrogens is 368 g/mol. The summed E-state index contributed by atoms with van der Waals surface area (Å²) in [7, 11) is 0. The van der Waals surface area contributed by atoms with Gasteiger partial charge in [0.2, 0.25) is 0 Å². The van der Waals surface area contributed by atoms with Gasteiger partial charge in [0.15, 0.2) is 12.9 Å². The van der Waals surface area contributed by atoms with Gasteiger partial charge in [-0.1, -0.05) is 42.5 Å². The Kier molecular flexibility index (Phi) is 6.16. The molecule has 0 aromatic heterocycles. The average Bonchev–Trinajstić information content (AvgIpc) is 2.70. The average molecular weight is 385 g/mol. The van der Waals surface area contributed by atoms with Crippen molar-refractivity contribution in [2.75, 3.05) is 6.61 Å². The fraction of sp³-hybridized carbons (Fsp3) is 0.143. The summed E-state index contributed by atoms with van der Waals surface area (Å²) in [5.41, 5.74) is 1.11. The third-order valence-corrected chi connectivity index (χ3v) is 4.05. The van der Waals surface area contributed by atoms with E-state index in [0.717, 1.165) is 10.8 Å². The summed E-state index contributed by atoms with van der Waals surface area (Å²) < 4.78 is 34.0. The standard InChI is InChI=1S/C21H17F2NO4/c22-21(23)28-16-8-5-14(6-9-16)11-24-20(26)13-27-19-10-7-15-3-1-2-4-17(15)18(19)12-25/h1-10,12,21H,11,13H2,(H,24,26). The van der Waals surface area contributed by atoms with Gasteiger partial charge in [-0.25, -0.2) is 0 Å². The first-order valence-electron chi connectivity index (χ1n) is 8.47. The van der Waals surface area contributed by atoms with Gasteiger partial charge in [-0.2, -0.15) is 8.78 Å². The molecule has 1 N–H and O–H groups in total. The molecule has 0 bridgehead atoms. The number of benzene rings is 3. The lowest BCUT2D eigenvalue weighted by Gasteiger charge is -2.11. The van der Waals surface area contributed by atoms with Crippen LogP contribution in [0.25, 0.3) is 10.8 Å². The van der Waals surface area contributed by atoms with E-state index in [4.69, 9.17) is 4.74 Å². The first kappa shape index (κ1) is 19.3. The van der Waals surface area contributed by atoms with Crippen molar-refractivity contribution < 1.29 is 27.8 Å². The minimum atomic E-state index is -2.88. The number of carbonyl (C=O) groups excluding carboxylic acids is 2. The van der Waals surface area contributed by atoms with Crippen LogP contribution in [-0.4, -0.2) is 25.4 Å². The Morgan fingerprint density at radius 2 is 1.79 bits per heavy atom. The summed E-state index contributed by atoms with van der Waals surface area (Å²) in [4.78, 5) is 23.5. The summed E-state index contributed by atoms with van der Waals surface area (Å²) in [6, 6.07) is 16.8. The molecule has 3 aromatic carbocycles. The zero-order chi connectivity index (χ0) is 19.9. The fourth-order valence-electron chi connectivity index (χ4n) is 2.71. The van der Waals surface area contributed by atoms with Gasteiger partial charge in [0.05, 0.1) is 5.56 Å². The van der Waals surface area contributed by atoms with Crippen molar-refractivity contribution >= 4 is 23.0 Å². The van der Waals surface area contributed by atoms with Crippen molar-refractivity contribution in [2.24, 2.45) is 0 Å². The Labute approximate surface area is 159 Å². The molecule has 0 fully saturated rings. The van der Waals surface area contributed by atoms with Crippen molar-refractivity contribution in [3.05, 3.63) is 71.8 Å². The number of alkyl halides is 2. The molecule has 0 aliphatic heterocycles. The highest BCUT2D eigenvalue weighted by Gasteiger charge is 2.10. The van der Waals surface area contributed by atoms with E-state index >= 15 is 0 Å². The molecular formula is C21H17F2NO4. The van der Waals surface area contributed by atoms with Crippen LogP contribution in [0.2, 0.25) is 0 Å². The summed E-state index contributed by atoms with van der Waals surface area (Å²) in [6.45, 7) is -2.93. The number of nitrogens with one attached hydrogen (secondary N) is 1. The van der Waals surface area contributed by atoms with E-state index in [1.54, 1.807) is 18.2 Å². The highest BCUT2D eigenvalue weighted by molar-refractivity contribution is 6.00. The second-order valence-corrected chi connectivity index (χ2v) is 5.90. The second-order valence-electron chi connectivity index (χ2n) is 5.90. The number of ether oxygens (including phenoxy) is 2. The van der Waals surface area contributed by atoms with Gasteiger partial charge < -0.3 is 14.8 Å². The normalized spacial score (nSPS) is 10.7. The lowest BCUT2D eigenvalue weighted by atomic mass is 10.0. The van der Waals surface area contributed by atoms with Crippen LogP contribution in [-0.2, 0) is 11.3 Å². The minimum absolute atomic E-state index is 0.0473. The Bertz CT molecular complexity index is 974. The third-order valence-electron chi connectivity index (χ3n) is 4.05. The van der Waals surface area contributed by atoms with E-state index in [1.165, 1.54) is 12.1 Å². The van der Waals surface area contributed by atoms with Crippen molar-refractivity contribution in [1.82, 2.24) is 5.32 Å². The lowest BCUT2D eigenvalue weighted by Crippen LogP contribution is -2.28. The Morgan fingerprint density at radius 3 is 2.50 bits per heavy atom. The largest absolute Gasteiger partial charge is 0.483 e. The molecule has 28 heavy (non-hydrogen) atoms. The molecule has 144 valence electrons. The molecule has 0 unspecified atom stereocenters. The quantitative estimate of drug-likeness (QED) is 0.597. The van der Waals surface area contributed by atoms with E-state index in [2.05, 4.69) is 10.1 Å². The van der Waals surface area contributed by atoms with Gasteiger partial charge in [0.25, 0.3) is 5.91 Å². The Balaban J connectivity index is 1.56. The topological polar surface area (TPSA) is 64.6 Å². The van der Waals surface area contributed by atoms with E-state index < -0.39 is 6.61 Å². The first-order chi connectivity index (χ1) is 13.6. The van der Waals surface area contributed by atoms with Crippen LogP contribution < -0.4 is 14.8 Å². The molecule has 0 heterocycles. The highest BCUT2D eigenvalue weighted by atomic mass is 19.3. The van der Waals surface area contributed by atoms with Crippen LogP contribution in [0, 0.1) is 0 Å². The summed E-state index contributed by atoms with van der Waals surface area (Å²) >= 11 is 0. The number of rotatable bonds is 8. The molecule has 0 saturated heterocycles. The summed E-state index contributed by atoms with van der Waals surface area (Å²) in [6.07, 6.45) is 0.707. The maximum Gasteiger partial charge on any atom is 0.387 e. The van der Waals surface area contributed by atoms with E-state index in [-0.39, 0.29) is 24.8 Å². The van der Waals surface area contributed by atoms with Crippen molar-refractivity contribution in [3.63, 3.8) is 0 Å².